The molecular formula is C45H25Cl4NO2S. The molecule has 3 unspecified atom stereocenters. The van der Waals surface area contributed by atoms with Gasteiger partial charge in [-0.25, -0.2) is 0 Å². The number of anilines is 3. The largest absolute Gasteiger partial charge is 0.310 e. The Morgan fingerprint density at radius 1 is 0.604 bits per heavy atom. The minimum Gasteiger partial charge on any atom is -0.310 e. The normalized spacial score (nSPS) is 20.0. The summed E-state index contributed by atoms with van der Waals surface area (Å²) in [5, 5.41) is -0.230. The zero-order chi connectivity index (χ0) is 36.2. The highest BCUT2D eigenvalue weighted by molar-refractivity contribution is 7.16. The Bertz CT molecular complexity index is 2590. The van der Waals surface area contributed by atoms with E-state index in [9.17, 15) is 9.59 Å². The number of carbonyl (C=O) groups is 2. The highest BCUT2D eigenvalue weighted by Gasteiger charge is 2.58. The van der Waals surface area contributed by atoms with Crippen molar-refractivity contribution in [1.29, 1.82) is 0 Å². The molecule has 4 aliphatic rings. The number of carbonyl (C=O) groups excluding carboxylic acids is 2. The van der Waals surface area contributed by atoms with E-state index >= 15 is 0 Å². The van der Waals surface area contributed by atoms with Gasteiger partial charge >= 0.3 is 0 Å². The average Bonchev–Trinajstić information content (AvgIpc) is 3.89. The van der Waals surface area contributed by atoms with Crippen molar-refractivity contribution >= 4 is 92.4 Å². The van der Waals surface area contributed by atoms with Gasteiger partial charge in [0.2, 0.25) is 0 Å². The molecule has 53 heavy (non-hydrogen) atoms. The lowest BCUT2D eigenvalue weighted by Gasteiger charge is -2.36. The molecule has 4 aliphatic carbocycles. The fourth-order valence-corrected chi connectivity index (χ4v) is 11.1. The minimum absolute atomic E-state index is 0.00571. The molecule has 3 atom stereocenters. The lowest BCUT2D eigenvalue weighted by Crippen LogP contribution is -2.33. The van der Waals surface area contributed by atoms with Gasteiger partial charge in [0.1, 0.15) is 0 Å². The summed E-state index contributed by atoms with van der Waals surface area (Å²) in [6, 6.07) is 38.6. The fraction of sp³-hybridized carbons (Fsp3) is 0.0667. The number of allylic oxidation sites excluding steroid dienone is 5. The first-order chi connectivity index (χ1) is 25.8. The lowest BCUT2D eigenvalue weighted by molar-refractivity contribution is 0.0990. The van der Waals surface area contributed by atoms with Crippen molar-refractivity contribution in [2.45, 2.75) is 11.3 Å². The summed E-state index contributed by atoms with van der Waals surface area (Å²) in [5.41, 5.74) is 8.70. The summed E-state index contributed by atoms with van der Waals surface area (Å²) in [7, 11) is 0. The van der Waals surface area contributed by atoms with Crippen LogP contribution in [0.2, 0.25) is 20.1 Å². The van der Waals surface area contributed by atoms with Gasteiger partial charge in [0, 0.05) is 38.7 Å². The molecule has 0 aliphatic heterocycles. The Hall–Kier alpha value is -4.68. The summed E-state index contributed by atoms with van der Waals surface area (Å²) in [4.78, 5) is 31.8. The maximum atomic E-state index is 13.8. The Labute approximate surface area is 330 Å². The fourth-order valence-electron chi connectivity index (χ4n) is 8.91. The van der Waals surface area contributed by atoms with E-state index in [1.807, 2.05) is 12.1 Å². The first-order valence-corrected chi connectivity index (χ1v) is 19.4. The summed E-state index contributed by atoms with van der Waals surface area (Å²) in [5.74, 6) is -0.765. The molecule has 0 saturated heterocycles. The standard InChI is InChI=1S/C45H25Cl4NO2S/c46-38-36-37(39(47)41(49)40(38)48)43(52)31(42(36)51)22-27-23-35-44(53-27)30-20-19-26(50(24-11-3-1-4-12-24)25-13-5-2-6-14-25)21-34(30)45(35)32-17-9-7-15-28(32)29-16-8-10-18-33(29)45/h1-23,28,32H. The van der Waals surface area contributed by atoms with Gasteiger partial charge in [-0.3, -0.25) is 9.59 Å². The van der Waals surface area contributed by atoms with Crippen LogP contribution in [0, 0.1) is 5.92 Å². The Balaban J connectivity index is 1.20. The molecule has 1 aromatic heterocycles. The van der Waals surface area contributed by atoms with Crippen LogP contribution in [0.25, 0.3) is 16.5 Å². The molecule has 1 spiro atoms. The number of hydrogen-bond acceptors (Lipinski definition) is 4. The van der Waals surface area contributed by atoms with Gasteiger partial charge in [0.25, 0.3) is 0 Å². The molecule has 0 radical (unpaired) electrons. The number of Topliss-reactive ketones (excluding diaryl/α,β-unsaturated/α-hetero) is 2. The smallest absolute Gasteiger partial charge is 0.199 e. The lowest BCUT2D eigenvalue weighted by atomic mass is 9.65. The van der Waals surface area contributed by atoms with Crippen molar-refractivity contribution < 1.29 is 9.59 Å². The van der Waals surface area contributed by atoms with Gasteiger partial charge < -0.3 is 4.90 Å². The monoisotopic (exact) mass is 783 g/mol. The number of hydrogen-bond donors (Lipinski definition) is 0. The van der Waals surface area contributed by atoms with Gasteiger partial charge in [-0.1, -0.05) is 137 Å². The van der Waals surface area contributed by atoms with E-state index in [1.54, 1.807) is 17.4 Å². The molecule has 5 aromatic carbocycles. The first kappa shape index (κ1) is 32.9. The van der Waals surface area contributed by atoms with Crippen LogP contribution in [0.15, 0.2) is 139 Å². The zero-order valence-electron chi connectivity index (χ0n) is 27.6. The van der Waals surface area contributed by atoms with E-state index in [-0.39, 0.29) is 48.6 Å². The Morgan fingerprint density at radius 2 is 1.21 bits per heavy atom. The predicted molar refractivity (Wildman–Crippen MR) is 218 cm³/mol. The van der Waals surface area contributed by atoms with Gasteiger partial charge in [-0.05, 0) is 76.4 Å². The van der Waals surface area contributed by atoms with Crippen LogP contribution in [0.3, 0.4) is 0 Å². The van der Waals surface area contributed by atoms with Crippen molar-refractivity contribution in [2.75, 3.05) is 4.90 Å². The summed E-state index contributed by atoms with van der Waals surface area (Å²) in [6.07, 6.45) is 10.6. The van der Waals surface area contributed by atoms with Gasteiger partial charge in [-0.2, -0.15) is 0 Å². The second kappa shape index (κ2) is 12.2. The summed E-state index contributed by atoms with van der Waals surface area (Å²) < 4.78 is 0. The van der Waals surface area contributed by atoms with Crippen molar-refractivity contribution in [2.24, 2.45) is 5.92 Å². The minimum atomic E-state index is -0.532. The van der Waals surface area contributed by atoms with E-state index in [0.29, 0.717) is 0 Å². The number of benzene rings is 5. The van der Waals surface area contributed by atoms with E-state index in [4.69, 9.17) is 46.4 Å². The summed E-state index contributed by atoms with van der Waals surface area (Å²) >= 11 is 27.2. The topological polar surface area (TPSA) is 37.4 Å². The van der Waals surface area contributed by atoms with Crippen molar-refractivity contribution in [1.82, 2.24) is 0 Å². The molecule has 0 N–H and O–H groups in total. The second-order valence-electron chi connectivity index (χ2n) is 13.6. The number of rotatable bonds is 4. The van der Waals surface area contributed by atoms with E-state index in [1.165, 1.54) is 16.7 Å². The number of ketones is 2. The molecule has 0 amide bonds. The third-order valence-corrected chi connectivity index (χ3v) is 13.9. The van der Waals surface area contributed by atoms with Crippen LogP contribution >= 0.6 is 57.7 Å². The molecule has 10 rings (SSSR count). The van der Waals surface area contributed by atoms with Crippen LogP contribution in [0.4, 0.5) is 17.1 Å². The molecule has 8 heteroatoms. The van der Waals surface area contributed by atoms with Crippen LogP contribution in [-0.2, 0) is 5.41 Å². The Morgan fingerprint density at radius 3 is 1.87 bits per heavy atom. The molecular weight excluding hydrogens is 760 g/mol. The molecule has 256 valence electrons. The maximum Gasteiger partial charge on any atom is 0.199 e. The SMILES string of the molecule is O=C1C(=Cc2cc3c(s2)-c2ccc(N(c4ccccc4)c4ccccc4)cc2C32c3ccccc3C3C=CC=CC32)C(=O)c2c(Cl)c(Cl)c(Cl)c(Cl)c21. The maximum absolute atomic E-state index is 13.8. The van der Waals surface area contributed by atoms with Gasteiger partial charge in [0.05, 0.1) is 42.2 Å². The van der Waals surface area contributed by atoms with Crippen LogP contribution in [0.5, 0.6) is 0 Å². The number of para-hydroxylation sites is 2. The molecule has 3 nitrogen and oxygen atoms in total. The van der Waals surface area contributed by atoms with Crippen LogP contribution in [-0.4, -0.2) is 11.6 Å². The third kappa shape index (κ3) is 4.54. The van der Waals surface area contributed by atoms with Crippen LogP contribution in [0.1, 0.15) is 53.8 Å². The van der Waals surface area contributed by atoms with Crippen molar-refractivity contribution in [3.05, 3.63) is 197 Å². The Kier molecular flexibility index (Phi) is 7.56. The van der Waals surface area contributed by atoms with Crippen molar-refractivity contribution in [3.63, 3.8) is 0 Å². The summed E-state index contributed by atoms with van der Waals surface area (Å²) in [6.45, 7) is 0. The van der Waals surface area contributed by atoms with Crippen molar-refractivity contribution in [3.8, 4) is 10.4 Å². The number of fused-ring (bicyclic) bond motifs is 11. The first-order valence-electron chi connectivity index (χ1n) is 17.1. The van der Waals surface area contributed by atoms with Gasteiger partial charge in [-0.15, -0.1) is 11.3 Å². The van der Waals surface area contributed by atoms with E-state index in [2.05, 4.69) is 126 Å². The second-order valence-corrected chi connectivity index (χ2v) is 16.2. The van der Waals surface area contributed by atoms with Gasteiger partial charge in [0.15, 0.2) is 11.6 Å². The van der Waals surface area contributed by atoms with E-state index < -0.39 is 17.0 Å². The quantitative estimate of drug-likeness (QED) is 0.0773. The molecule has 0 bridgehead atoms. The zero-order valence-corrected chi connectivity index (χ0v) is 31.5. The molecule has 0 fully saturated rings. The molecule has 0 saturated carbocycles. The molecule has 1 heterocycles. The van der Waals surface area contributed by atoms with Crippen LogP contribution < -0.4 is 4.90 Å². The third-order valence-electron chi connectivity index (χ3n) is 11.0. The average molecular weight is 786 g/mol. The van der Waals surface area contributed by atoms with E-state index in [0.717, 1.165) is 37.9 Å². The predicted octanol–water partition coefficient (Wildman–Crippen LogP) is 13.4. The highest BCUT2D eigenvalue weighted by Crippen LogP contribution is 2.67. The highest BCUT2D eigenvalue weighted by atomic mass is 35.5. The molecule has 6 aromatic rings. The number of nitrogens with zero attached hydrogens (tertiary/aromatic N) is 1. The number of thiophene rings is 1. The number of halogens is 4.